The number of ether oxygens (including phenoxy) is 4. The molecule has 0 aromatic heterocycles. The third-order valence-corrected chi connectivity index (χ3v) is 5.58. The summed E-state index contributed by atoms with van der Waals surface area (Å²) in [5.41, 5.74) is 5.23. The first-order valence-electron chi connectivity index (χ1n) is 9.58. The van der Waals surface area contributed by atoms with E-state index in [1.54, 1.807) is 28.4 Å². The molecule has 6 heteroatoms. The lowest BCUT2D eigenvalue weighted by atomic mass is 9.92. The Labute approximate surface area is 170 Å². The monoisotopic (exact) mass is 395 g/mol. The number of hydrogen-bond donors (Lipinski definition) is 0. The summed E-state index contributed by atoms with van der Waals surface area (Å²) in [6.07, 6.45) is 1.97. The molecule has 0 fully saturated rings. The van der Waals surface area contributed by atoms with Crippen molar-refractivity contribution in [2.45, 2.75) is 25.8 Å². The first-order chi connectivity index (χ1) is 14.1. The Morgan fingerprint density at radius 1 is 0.931 bits per heavy atom. The number of benzene rings is 2. The van der Waals surface area contributed by atoms with E-state index in [9.17, 15) is 4.79 Å². The molecule has 0 saturated carbocycles. The highest BCUT2D eigenvalue weighted by molar-refractivity contribution is 5.95. The lowest BCUT2D eigenvalue weighted by Crippen LogP contribution is -2.29. The van der Waals surface area contributed by atoms with E-state index in [2.05, 4.69) is 6.07 Å². The van der Waals surface area contributed by atoms with Crippen LogP contribution >= 0.6 is 0 Å². The minimum Gasteiger partial charge on any atom is -0.497 e. The topological polar surface area (TPSA) is 57.2 Å². The normalized spacial score (nSPS) is 15.2. The van der Waals surface area contributed by atoms with Crippen LogP contribution in [0, 0.1) is 0 Å². The Morgan fingerprint density at radius 3 is 2.41 bits per heavy atom. The third-order valence-electron chi connectivity index (χ3n) is 5.58. The molecule has 0 saturated heterocycles. The first kappa shape index (κ1) is 19.2. The Hall–Kier alpha value is -3.15. The molecular weight excluding hydrogens is 370 g/mol. The van der Waals surface area contributed by atoms with Crippen molar-refractivity contribution >= 4 is 11.6 Å². The number of carbonyl (C=O) groups excluding carboxylic acids is 1. The van der Waals surface area contributed by atoms with Crippen molar-refractivity contribution in [1.29, 1.82) is 0 Å². The van der Waals surface area contributed by atoms with E-state index >= 15 is 0 Å². The van der Waals surface area contributed by atoms with Gasteiger partial charge in [-0.15, -0.1) is 0 Å². The van der Waals surface area contributed by atoms with Crippen LogP contribution in [0.5, 0.6) is 23.0 Å². The van der Waals surface area contributed by atoms with Gasteiger partial charge in [-0.2, -0.15) is 0 Å². The van der Waals surface area contributed by atoms with Crippen LogP contribution in [0.3, 0.4) is 0 Å². The molecular formula is C23H25NO5. The highest BCUT2D eigenvalue weighted by atomic mass is 16.5. The SMILES string of the molecule is COc1cccc(CC2=C3c4c(cc(OC)c(OC)c4OC)CN3C(=O)CC2)c1. The van der Waals surface area contributed by atoms with Crippen molar-refractivity contribution in [3.63, 3.8) is 0 Å². The smallest absolute Gasteiger partial charge is 0.227 e. The summed E-state index contributed by atoms with van der Waals surface area (Å²) in [4.78, 5) is 14.6. The fraction of sp³-hybridized carbons (Fsp3) is 0.348. The van der Waals surface area contributed by atoms with Crippen LogP contribution in [0.4, 0.5) is 0 Å². The van der Waals surface area contributed by atoms with Gasteiger partial charge < -0.3 is 23.8 Å². The number of nitrogens with zero attached hydrogens (tertiary/aromatic N) is 1. The molecule has 0 bridgehead atoms. The third kappa shape index (κ3) is 3.18. The van der Waals surface area contributed by atoms with E-state index in [0.29, 0.717) is 30.2 Å². The second kappa shape index (κ2) is 7.70. The van der Waals surface area contributed by atoms with Crippen LogP contribution < -0.4 is 18.9 Å². The van der Waals surface area contributed by atoms with Crippen molar-refractivity contribution in [3.05, 3.63) is 52.6 Å². The molecule has 152 valence electrons. The maximum atomic E-state index is 12.7. The Morgan fingerprint density at radius 2 is 1.72 bits per heavy atom. The Balaban J connectivity index is 1.88. The second-order valence-corrected chi connectivity index (χ2v) is 7.14. The predicted molar refractivity (Wildman–Crippen MR) is 110 cm³/mol. The molecule has 2 aliphatic rings. The van der Waals surface area contributed by atoms with Crippen LogP contribution in [0.1, 0.15) is 29.5 Å². The number of allylic oxidation sites excluding steroid dienone is 1. The molecule has 0 atom stereocenters. The highest BCUT2D eigenvalue weighted by Crippen LogP contribution is 2.51. The molecule has 0 radical (unpaired) electrons. The number of rotatable bonds is 6. The van der Waals surface area contributed by atoms with Crippen LogP contribution in [-0.4, -0.2) is 39.2 Å². The number of carbonyl (C=O) groups is 1. The average Bonchev–Trinajstić information content (AvgIpc) is 3.14. The van der Waals surface area contributed by atoms with Gasteiger partial charge in [0.15, 0.2) is 11.5 Å². The number of amides is 1. The molecule has 6 nitrogen and oxygen atoms in total. The quantitative estimate of drug-likeness (QED) is 0.744. The molecule has 0 spiro atoms. The molecule has 29 heavy (non-hydrogen) atoms. The van der Waals surface area contributed by atoms with Gasteiger partial charge in [0, 0.05) is 12.0 Å². The summed E-state index contributed by atoms with van der Waals surface area (Å²) in [5, 5.41) is 0. The fourth-order valence-corrected chi connectivity index (χ4v) is 4.27. The molecule has 1 amide bonds. The zero-order chi connectivity index (χ0) is 20.5. The minimum atomic E-state index is 0.130. The summed E-state index contributed by atoms with van der Waals surface area (Å²) in [5.74, 6) is 2.71. The van der Waals surface area contributed by atoms with Gasteiger partial charge >= 0.3 is 0 Å². The van der Waals surface area contributed by atoms with Crippen molar-refractivity contribution in [2.75, 3.05) is 28.4 Å². The Kier molecular flexibility index (Phi) is 5.09. The van der Waals surface area contributed by atoms with Crippen molar-refractivity contribution in [3.8, 4) is 23.0 Å². The summed E-state index contributed by atoms with van der Waals surface area (Å²) >= 11 is 0. The zero-order valence-electron chi connectivity index (χ0n) is 17.2. The first-order valence-corrected chi connectivity index (χ1v) is 9.58. The van der Waals surface area contributed by atoms with Crippen molar-refractivity contribution in [2.24, 2.45) is 0 Å². The molecule has 0 N–H and O–H groups in total. The summed E-state index contributed by atoms with van der Waals surface area (Å²) in [6.45, 7) is 0.516. The van der Waals surface area contributed by atoms with Gasteiger partial charge in [0.1, 0.15) is 5.75 Å². The maximum Gasteiger partial charge on any atom is 0.227 e. The largest absolute Gasteiger partial charge is 0.497 e. The maximum absolute atomic E-state index is 12.7. The lowest BCUT2D eigenvalue weighted by molar-refractivity contribution is -0.128. The number of methoxy groups -OCH3 is 4. The van der Waals surface area contributed by atoms with Gasteiger partial charge in [0.2, 0.25) is 11.7 Å². The molecule has 2 heterocycles. The Bertz CT molecular complexity index is 995. The summed E-state index contributed by atoms with van der Waals surface area (Å²) in [7, 11) is 6.48. The van der Waals surface area contributed by atoms with E-state index in [1.807, 2.05) is 29.2 Å². The fourth-order valence-electron chi connectivity index (χ4n) is 4.27. The number of hydrogen-bond acceptors (Lipinski definition) is 5. The van der Waals surface area contributed by atoms with E-state index in [0.717, 1.165) is 41.0 Å². The van der Waals surface area contributed by atoms with E-state index in [4.69, 9.17) is 18.9 Å². The van der Waals surface area contributed by atoms with E-state index in [1.165, 1.54) is 5.57 Å². The molecule has 4 rings (SSSR count). The van der Waals surface area contributed by atoms with Crippen LogP contribution in [0.15, 0.2) is 35.9 Å². The molecule has 2 aliphatic heterocycles. The van der Waals surface area contributed by atoms with Gasteiger partial charge in [-0.05, 0) is 47.7 Å². The van der Waals surface area contributed by atoms with Crippen LogP contribution in [0.25, 0.3) is 5.70 Å². The van der Waals surface area contributed by atoms with Crippen LogP contribution in [-0.2, 0) is 17.8 Å². The standard InChI is InChI=1S/C23H25NO5/c1-26-17-7-5-6-14(11-17)10-15-8-9-19(25)24-13-16-12-18(27-2)22(28-3)23(29-4)20(16)21(15)24/h5-7,11-12H,8-10,13H2,1-4H3. The second-order valence-electron chi connectivity index (χ2n) is 7.14. The predicted octanol–water partition coefficient (Wildman–Crippen LogP) is 3.81. The van der Waals surface area contributed by atoms with Gasteiger partial charge in [-0.25, -0.2) is 0 Å². The molecule has 2 aromatic rings. The number of fused-ring (bicyclic) bond motifs is 3. The van der Waals surface area contributed by atoms with Gasteiger partial charge in [-0.3, -0.25) is 4.79 Å². The average molecular weight is 395 g/mol. The van der Waals surface area contributed by atoms with E-state index in [-0.39, 0.29) is 5.91 Å². The highest BCUT2D eigenvalue weighted by Gasteiger charge is 2.38. The van der Waals surface area contributed by atoms with Gasteiger partial charge in [0.05, 0.1) is 40.7 Å². The minimum absolute atomic E-state index is 0.130. The van der Waals surface area contributed by atoms with Crippen molar-refractivity contribution in [1.82, 2.24) is 4.90 Å². The summed E-state index contributed by atoms with van der Waals surface area (Å²) < 4.78 is 22.2. The lowest BCUT2D eigenvalue weighted by Gasteiger charge is -2.28. The van der Waals surface area contributed by atoms with Gasteiger partial charge in [-0.1, -0.05) is 12.1 Å². The molecule has 0 aliphatic carbocycles. The van der Waals surface area contributed by atoms with Crippen molar-refractivity contribution < 1.29 is 23.7 Å². The zero-order valence-corrected chi connectivity index (χ0v) is 17.2. The molecule has 2 aromatic carbocycles. The van der Waals surface area contributed by atoms with Gasteiger partial charge in [0.25, 0.3) is 0 Å². The van der Waals surface area contributed by atoms with E-state index < -0.39 is 0 Å². The van der Waals surface area contributed by atoms with Crippen LogP contribution in [0.2, 0.25) is 0 Å². The molecule has 0 unspecified atom stereocenters. The summed E-state index contributed by atoms with van der Waals surface area (Å²) in [6, 6.07) is 9.98.